The highest BCUT2D eigenvalue weighted by Crippen LogP contribution is 2.38. The molecule has 0 fully saturated rings. The van der Waals surface area contributed by atoms with Gasteiger partial charge in [-0.1, -0.05) is 85.3 Å². The third-order valence-electron chi connectivity index (χ3n) is 11.4. The molecule has 13 heteroatoms. The minimum atomic E-state index is -4.56. The second kappa shape index (κ2) is 23.0. The van der Waals surface area contributed by atoms with Crippen LogP contribution in [0.4, 0.5) is 26.3 Å². The van der Waals surface area contributed by atoms with Gasteiger partial charge in [-0.15, -0.1) is 0 Å². The first-order valence-electron chi connectivity index (χ1n) is 21.3. The Kier molecular flexibility index (Phi) is 18.1. The van der Waals surface area contributed by atoms with Crippen molar-refractivity contribution in [3.63, 3.8) is 0 Å². The summed E-state index contributed by atoms with van der Waals surface area (Å²) < 4.78 is 78.2. The number of fused-ring (bicyclic) bond motifs is 2. The van der Waals surface area contributed by atoms with Crippen LogP contribution in [0.1, 0.15) is 146 Å². The number of pyridine rings is 2. The number of aryl methyl sites for hydroxylation is 6. The number of aliphatic hydroxyl groups is 1. The molecule has 0 saturated carbocycles. The first kappa shape index (κ1) is 48.1. The van der Waals surface area contributed by atoms with Crippen molar-refractivity contribution in [1.29, 1.82) is 0 Å². The van der Waals surface area contributed by atoms with E-state index in [-0.39, 0.29) is 16.5 Å². The average molecular weight is 892 g/mol. The number of aliphatic hydroxyl groups excluding tert-OH is 1. The van der Waals surface area contributed by atoms with Gasteiger partial charge in [0, 0.05) is 22.8 Å². The maximum Gasteiger partial charge on any atom is 0.417 e. The number of nitrogens with zero attached hydrogens (tertiary/aromatic N) is 2. The van der Waals surface area contributed by atoms with Crippen LogP contribution >= 0.6 is 23.2 Å². The van der Waals surface area contributed by atoms with Crippen molar-refractivity contribution in [3.8, 4) is 0 Å². The molecule has 2 aromatic heterocycles. The third-order valence-corrected chi connectivity index (χ3v) is 12.0. The van der Waals surface area contributed by atoms with Crippen molar-refractivity contribution in [2.45, 2.75) is 146 Å². The number of rotatable bonds is 17. The van der Waals surface area contributed by atoms with Crippen LogP contribution in [-0.4, -0.2) is 32.3 Å². The van der Waals surface area contributed by atoms with E-state index in [1.54, 1.807) is 0 Å². The van der Waals surface area contributed by atoms with Crippen LogP contribution in [0.3, 0.4) is 0 Å². The van der Waals surface area contributed by atoms with Gasteiger partial charge in [0.15, 0.2) is 0 Å². The number of carboxylic acids is 1. The van der Waals surface area contributed by atoms with Gasteiger partial charge in [0.1, 0.15) is 0 Å². The smallest absolute Gasteiger partial charge is 0.417 e. The van der Waals surface area contributed by atoms with Crippen LogP contribution in [-0.2, 0) is 55.7 Å². The third kappa shape index (κ3) is 15.4. The molecule has 2 aliphatic rings. The lowest BCUT2D eigenvalue weighted by Crippen LogP contribution is -2.10. The highest BCUT2D eigenvalue weighted by molar-refractivity contribution is 6.31. The molecular formula is C48H54Cl2F6N2O3. The molecule has 0 spiro atoms. The van der Waals surface area contributed by atoms with E-state index < -0.39 is 41.5 Å². The molecule has 0 radical (unpaired) electrons. The molecule has 5 nitrogen and oxygen atoms in total. The summed E-state index contributed by atoms with van der Waals surface area (Å²) in [5, 5.41) is 18.6. The number of aromatic nitrogens is 2. The Morgan fingerprint density at radius 2 is 1.16 bits per heavy atom. The molecule has 0 aliphatic heterocycles. The Hall–Kier alpha value is -3.93. The summed E-state index contributed by atoms with van der Waals surface area (Å²) in [7, 11) is 0. The molecule has 330 valence electrons. The molecule has 0 bridgehead atoms. The van der Waals surface area contributed by atoms with E-state index in [0.29, 0.717) is 24.0 Å². The first-order chi connectivity index (χ1) is 29.1. The number of carboxylic acid groups (broad SMARTS) is 1. The van der Waals surface area contributed by atoms with Crippen LogP contribution in [0.2, 0.25) is 10.0 Å². The SMILES string of the molecule is O=C(O)CC(CCCCCCc1ccc2c(n1)CCCC2)c1ccc(Cl)c(C(F)(F)F)c1.OC(/C=C/c1ccc(Cl)c(C(F)(F)F)c1)CCCCc1ccc2c(n1)CCCC2. The van der Waals surface area contributed by atoms with Crippen molar-refractivity contribution in [1.82, 2.24) is 9.97 Å². The molecule has 2 N–H and O–H groups in total. The molecule has 4 aromatic rings. The molecule has 6 rings (SSSR count). The predicted octanol–water partition coefficient (Wildman–Crippen LogP) is 13.8. The van der Waals surface area contributed by atoms with Crippen molar-refractivity contribution in [3.05, 3.63) is 133 Å². The zero-order valence-electron chi connectivity index (χ0n) is 34.2. The van der Waals surface area contributed by atoms with Crippen LogP contribution in [0.5, 0.6) is 0 Å². The lowest BCUT2D eigenvalue weighted by Gasteiger charge is -2.18. The molecular weight excluding hydrogens is 837 g/mol. The number of carbonyl (C=O) groups is 1. The summed E-state index contributed by atoms with van der Waals surface area (Å²) in [4.78, 5) is 20.8. The van der Waals surface area contributed by atoms with E-state index in [0.717, 1.165) is 101 Å². The minimum absolute atomic E-state index is 0.196. The number of hydrogen-bond donors (Lipinski definition) is 2. The van der Waals surface area contributed by atoms with Crippen LogP contribution in [0, 0.1) is 0 Å². The van der Waals surface area contributed by atoms with E-state index in [9.17, 15) is 41.4 Å². The van der Waals surface area contributed by atoms with E-state index in [4.69, 9.17) is 33.2 Å². The van der Waals surface area contributed by atoms with Gasteiger partial charge < -0.3 is 10.2 Å². The normalized spacial score (nSPS) is 15.1. The standard InChI is InChI=1S/C25H29ClF3NO2.C23H25ClF3NO/c26-22-14-12-19(15-21(22)25(27,28)29)18(16-24(31)32)8-3-1-2-4-9-20-13-11-17-7-5-6-10-23(17)30-20;24-21-14-10-16(15-20(21)23(25,26)27)9-13-19(29)7-3-2-6-18-12-11-17-5-1-4-8-22(17)28-18/h11-15,18H,1-10,16H2,(H,31,32);9-15,19,29H,1-8H2/b;13-9+. The van der Waals surface area contributed by atoms with Crippen molar-refractivity contribution < 1.29 is 41.4 Å². The van der Waals surface area contributed by atoms with Crippen LogP contribution in [0.25, 0.3) is 6.08 Å². The minimum Gasteiger partial charge on any atom is -0.481 e. The lowest BCUT2D eigenvalue weighted by molar-refractivity contribution is -0.138. The van der Waals surface area contributed by atoms with Gasteiger partial charge >= 0.3 is 18.3 Å². The second-order valence-corrected chi connectivity index (χ2v) is 16.9. The van der Waals surface area contributed by atoms with Gasteiger partial charge in [-0.2, -0.15) is 26.3 Å². The summed E-state index contributed by atoms with van der Waals surface area (Å²) >= 11 is 11.3. The lowest BCUT2D eigenvalue weighted by atomic mass is 9.89. The fourth-order valence-electron chi connectivity index (χ4n) is 8.04. The van der Waals surface area contributed by atoms with Crippen LogP contribution in [0.15, 0.2) is 66.7 Å². The van der Waals surface area contributed by atoms with E-state index in [1.807, 2.05) is 0 Å². The second-order valence-electron chi connectivity index (χ2n) is 16.1. The molecule has 2 unspecified atom stereocenters. The maximum absolute atomic E-state index is 13.2. The van der Waals surface area contributed by atoms with Gasteiger partial charge in [0.2, 0.25) is 0 Å². The van der Waals surface area contributed by atoms with Gasteiger partial charge in [0.25, 0.3) is 0 Å². The summed E-state index contributed by atoms with van der Waals surface area (Å²) in [6, 6.07) is 16.0. The fourth-order valence-corrected chi connectivity index (χ4v) is 8.49. The van der Waals surface area contributed by atoms with E-state index >= 15 is 0 Å². The Balaban J connectivity index is 0.000000232. The summed E-state index contributed by atoms with van der Waals surface area (Å²) in [5.74, 6) is -1.48. The largest absolute Gasteiger partial charge is 0.481 e. The molecule has 61 heavy (non-hydrogen) atoms. The van der Waals surface area contributed by atoms with Gasteiger partial charge in [0.05, 0.1) is 33.7 Å². The number of unbranched alkanes of at least 4 members (excludes halogenated alkanes) is 4. The van der Waals surface area contributed by atoms with E-state index in [1.165, 1.54) is 84.6 Å². The molecule has 2 atom stereocenters. The highest BCUT2D eigenvalue weighted by atomic mass is 35.5. The number of halogens is 8. The predicted molar refractivity (Wildman–Crippen MR) is 229 cm³/mol. The summed E-state index contributed by atoms with van der Waals surface area (Å²) in [6.07, 6.45) is 10.6. The number of benzene rings is 2. The Labute approximate surface area is 364 Å². The molecule has 2 heterocycles. The van der Waals surface area contributed by atoms with Crippen molar-refractivity contribution >= 4 is 35.2 Å². The van der Waals surface area contributed by atoms with E-state index in [2.05, 4.69) is 24.3 Å². The molecule has 0 saturated heterocycles. The van der Waals surface area contributed by atoms with Crippen molar-refractivity contribution in [2.24, 2.45) is 0 Å². The van der Waals surface area contributed by atoms with Gasteiger partial charge in [-0.25, -0.2) is 0 Å². The average Bonchev–Trinajstić information content (AvgIpc) is 3.22. The number of hydrogen-bond acceptors (Lipinski definition) is 4. The zero-order chi connectivity index (χ0) is 44.0. The van der Waals surface area contributed by atoms with Gasteiger partial charge in [-0.05, 0) is 154 Å². The zero-order valence-corrected chi connectivity index (χ0v) is 35.8. The topological polar surface area (TPSA) is 83.3 Å². The van der Waals surface area contributed by atoms with Crippen molar-refractivity contribution in [2.75, 3.05) is 0 Å². The van der Waals surface area contributed by atoms with Crippen LogP contribution < -0.4 is 0 Å². The first-order valence-corrected chi connectivity index (χ1v) is 22.1. The Morgan fingerprint density at radius 1 is 0.656 bits per heavy atom. The molecule has 2 aliphatic carbocycles. The fraction of sp³-hybridized carbons (Fsp3) is 0.479. The Bertz CT molecular complexity index is 2090. The molecule has 2 aromatic carbocycles. The molecule has 0 amide bonds. The van der Waals surface area contributed by atoms with Gasteiger partial charge in [-0.3, -0.25) is 14.8 Å². The number of aliphatic carboxylic acids is 1. The summed E-state index contributed by atoms with van der Waals surface area (Å²) in [5.41, 5.74) is 6.40. The maximum atomic E-state index is 13.2. The Morgan fingerprint density at radius 3 is 1.74 bits per heavy atom. The summed E-state index contributed by atoms with van der Waals surface area (Å²) in [6.45, 7) is 0. The monoisotopic (exact) mass is 890 g/mol. The number of alkyl halides is 6. The quantitative estimate of drug-likeness (QED) is 0.0815. The highest BCUT2D eigenvalue weighted by Gasteiger charge is 2.34.